The predicted molar refractivity (Wildman–Crippen MR) is 112 cm³/mol. The summed E-state index contributed by atoms with van der Waals surface area (Å²) in [5.41, 5.74) is 1.22. The number of hydrogen-bond donors (Lipinski definition) is 0. The van der Waals surface area contributed by atoms with Gasteiger partial charge in [-0.15, -0.1) is 17.5 Å². The lowest BCUT2D eigenvalue weighted by molar-refractivity contribution is 0.0982. The van der Waals surface area contributed by atoms with Crippen molar-refractivity contribution < 1.29 is 9.53 Å². The van der Waals surface area contributed by atoms with Crippen LogP contribution in [0.15, 0.2) is 24.4 Å². The molecule has 1 aromatic carbocycles. The topological polar surface area (TPSA) is 63.5 Å². The van der Waals surface area contributed by atoms with Gasteiger partial charge in [-0.05, 0) is 32.3 Å². The number of benzene rings is 1. The lowest BCUT2D eigenvalue weighted by Crippen LogP contribution is -2.36. The first kappa shape index (κ1) is 21.4. The number of fused-ring (bicyclic) bond motifs is 1. The van der Waals surface area contributed by atoms with Crippen LogP contribution in [0.25, 0.3) is 10.2 Å². The Kier molecular flexibility index (Phi) is 7.05. The van der Waals surface area contributed by atoms with Gasteiger partial charge in [0.25, 0.3) is 5.91 Å². The first-order chi connectivity index (χ1) is 12.4. The minimum absolute atomic E-state index is 0. The SMILES string of the molecule is COc1nn(C)cc1C(=O)N(CCN(C)C)c1nc2ccc(Cl)cc2s1.Cl. The first-order valence-electron chi connectivity index (χ1n) is 7.99. The summed E-state index contributed by atoms with van der Waals surface area (Å²) in [6, 6.07) is 5.51. The number of amides is 1. The average molecular weight is 430 g/mol. The highest BCUT2D eigenvalue weighted by Crippen LogP contribution is 2.32. The van der Waals surface area contributed by atoms with Crippen LogP contribution in [0.3, 0.4) is 0 Å². The van der Waals surface area contributed by atoms with Crippen LogP contribution in [-0.2, 0) is 7.05 Å². The van der Waals surface area contributed by atoms with E-state index in [1.165, 1.54) is 18.4 Å². The Balaban J connectivity index is 0.00000261. The molecule has 0 N–H and O–H groups in total. The number of carbonyl (C=O) groups is 1. The molecule has 0 aliphatic heterocycles. The van der Waals surface area contributed by atoms with Gasteiger partial charge in [0.15, 0.2) is 5.13 Å². The Bertz CT molecular complexity index is 941. The van der Waals surface area contributed by atoms with Gasteiger partial charge in [-0.1, -0.05) is 22.9 Å². The van der Waals surface area contributed by atoms with E-state index in [-0.39, 0.29) is 18.3 Å². The molecule has 0 atom stereocenters. The zero-order valence-electron chi connectivity index (χ0n) is 15.5. The first-order valence-corrected chi connectivity index (χ1v) is 9.19. The highest BCUT2D eigenvalue weighted by atomic mass is 35.5. The van der Waals surface area contributed by atoms with Crippen LogP contribution >= 0.6 is 35.3 Å². The van der Waals surface area contributed by atoms with Gasteiger partial charge >= 0.3 is 0 Å². The molecule has 0 saturated carbocycles. The van der Waals surface area contributed by atoms with Gasteiger partial charge in [-0.3, -0.25) is 14.4 Å². The van der Waals surface area contributed by atoms with E-state index < -0.39 is 0 Å². The average Bonchev–Trinajstić information content (AvgIpc) is 3.17. The van der Waals surface area contributed by atoms with Crippen molar-refractivity contribution >= 4 is 56.6 Å². The summed E-state index contributed by atoms with van der Waals surface area (Å²) < 4.78 is 7.75. The number of thiazole rings is 1. The third kappa shape index (κ3) is 4.70. The largest absolute Gasteiger partial charge is 0.479 e. The smallest absolute Gasteiger partial charge is 0.267 e. The third-order valence-corrected chi connectivity index (χ3v) is 5.08. The normalized spacial score (nSPS) is 10.9. The van der Waals surface area contributed by atoms with Gasteiger partial charge in [0, 0.05) is 31.4 Å². The molecule has 0 aliphatic carbocycles. The highest BCUT2D eigenvalue weighted by Gasteiger charge is 2.26. The number of halogens is 2. The van der Waals surface area contributed by atoms with E-state index in [2.05, 4.69) is 10.1 Å². The predicted octanol–water partition coefficient (Wildman–Crippen LogP) is 3.32. The second-order valence-corrected chi connectivity index (χ2v) is 7.54. The van der Waals surface area contributed by atoms with Crippen molar-refractivity contribution in [1.82, 2.24) is 19.7 Å². The Hall–Kier alpha value is -1.87. The molecule has 0 radical (unpaired) electrons. The second-order valence-electron chi connectivity index (χ2n) is 6.09. The molecule has 0 fully saturated rings. The molecule has 1 amide bonds. The van der Waals surface area contributed by atoms with Crippen molar-refractivity contribution in [2.45, 2.75) is 0 Å². The van der Waals surface area contributed by atoms with Gasteiger partial charge in [0.2, 0.25) is 5.88 Å². The van der Waals surface area contributed by atoms with Crippen molar-refractivity contribution in [2.75, 3.05) is 39.2 Å². The van der Waals surface area contributed by atoms with Gasteiger partial charge in [0.1, 0.15) is 5.56 Å². The minimum atomic E-state index is -0.193. The van der Waals surface area contributed by atoms with E-state index in [0.717, 1.165) is 10.2 Å². The quantitative estimate of drug-likeness (QED) is 0.601. The van der Waals surface area contributed by atoms with Crippen LogP contribution in [0, 0.1) is 0 Å². The monoisotopic (exact) mass is 429 g/mol. The molecule has 27 heavy (non-hydrogen) atoms. The van der Waals surface area contributed by atoms with Gasteiger partial charge in [-0.2, -0.15) is 0 Å². The summed E-state index contributed by atoms with van der Waals surface area (Å²) in [7, 11) is 7.18. The summed E-state index contributed by atoms with van der Waals surface area (Å²) >= 11 is 7.51. The maximum atomic E-state index is 13.2. The van der Waals surface area contributed by atoms with E-state index in [1.807, 2.05) is 31.1 Å². The molecule has 2 aromatic heterocycles. The third-order valence-electron chi connectivity index (χ3n) is 3.80. The standard InChI is InChI=1S/C17H20ClN5O2S.ClH/c1-21(2)7-8-23(16(24)12-10-22(3)20-15(12)25-4)17-19-13-6-5-11(18)9-14(13)26-17;/h5-6,9-10H,7-8H2,1-4H3;1H. The number of ether oxygens (including phenoxy) is 1. The number of rotatable bonds is 6. The molecule has 3 rings (SSSR count). The highest BCUT2D eigenvalue weighted by molar-refractivity contribution is 7.22. The van der Waals surface area contributed by atoms with Gasteiger partial charge in [0.05, 0.1) is 17.3 Å². The number of aryl methyl sites for hydroxylation is 1. The fraction of sp³-hybridized carbons (Fsp3) is 0.353. The lowest BCUT2D eigenvalue weighted by Gasteiger charge is -2.21. The van der Waals surface area contributed by atoms with Crippen LogP contribution in [0.1, 0.15) is 10.4 Å². The number of hydrogen-bond acceptors (Lipinski definition) is 6. The number of carbonyl (C=O) groups excluding carboxylic acids is 1. The van der Waals surface area contributed by atoms with E-state index in [0.29, 0.717) is 34.7 Å². The summed E-state index contributed by atoms with van der Waals surface area (Å²) in [5, 5.41) is 5.45. The molecule has 0 saturated heterocycles. The number of anilines is 1. The van der Waals surface area contributed by atoms with E-state index in [4.69, 9.17) is 16.3 Å². The molecule has 0 unspecified atom stereocenters. The van der Waals surface area contributed by atoms with Crippen LogP contribution in [0.2, 0.25) is 5.02 Å². The molecule has 7 nitrogen and oxygen atoms in total. The van der Waals surface area contributed by atoms with Gasteiger partial charge in [-0.25, -0.2) is 4.98 Å². The lowest BCUT2D eigenvalue weighted by atomic mass is 10.3. The zero-order valence-corrected chi connectivity index (χ0v) is 17.9. The fourth-order valence-corrected chi connectivity index (χ4v) is 3.76. The number of methoxy groups -OCH3 is 1. The van der Waals surface area contributed by atoms with Crippen molar-refractivity contribution in [3.63, 3.8) is 0 Å². The van der Waals surface area contributed by atoms with Crippen molar-refractivity contribution in [3.05, 3.63) is 35.0 Å². The molecule has 3 aromatic rings. The van der Waals surface area contributed by atoms with E-state index in [1.54, 1.807) is 28.9 Å². The molecule has 0 bridgehead atoms. The van der Waals surface area contributed by atoms with Crippen LogP contribution in [-0.4, -0.2) is 59.9 Å². The summed E-state index contributed by atoms with van der Waals surface area (Å²) in [5.74, 6) is 0.110. The summed E-state index contributed by atoms with van der Waals surface area (Å²) in [6.45, 7) is 1.20. The molecular weight excluding hydrogens is 409 g/mol. The summed E-state index contributed by atoms with van der Waals surface area (Å²) in [4.78, 5) is 21.5. The van der Waals surface area contributed by atoms with Gasteiger partial charge < -0.3 is 9.64 Å². The van der Waals surface area contributed by atoms with E-state index >= 15 is 0 Å². The van der Waals surface area contributed by atoms with Crippen LogP contribution in [0.5, 0.6) is 5.88 Å². The van der Waals surface area contributed by atoms with Crippen LogP contribution in [0.4, 0.5) is 5.13 Å². The molecule has 0 aliphatic rings. The molecule has 146 valence electrons. The number of likely N-dealkylation sites (N-methyl/N-ethyl adjacent to an activating group) is 1. The Morgan fingerprint density at radius 3 is 2.74 bits per heavy atom. The van der Waals surface area contributed by atoms with Crippen molar-refractivity contribution in [1.29, 1.82) is 0 Å². The fourth-order valence-electron chi connectivity index (χ4n) is 2.50. The number of nitrogens with zero attached hydrogens (tertiary/aromatic N) is 5. The Labute approximate surface area is 172 Å². The van der Waals surface area contributed by atoms with E-state index in [9.17, 15) is 4.79 Å². The summed E-state index contributed by atoms with van der Waals surface area (Å²) in [6.07, 6.45) is 1.66. The molecule has 0 spiro atoms. The van der Waals surface area contributed by atoms with Crippen molar-refractivity contribution in [2.24, 2.45) is 7.05 Å². The Morgan fingerprint density at radius 1 is 1.33 bits per heavy atom. The zero-order chi connectivity index (χ0) is 18.8. The number of aromatic nitrogens is 3. The molecular formula is C17H21Cl2N5O2S. The second kappa shape index (κ2) is 8.88. The molecule has 10 heteroatoms. The van der Waals surface area contributed by atoms with Crippen molar-refractivity contribution in [3.8, 4) is 5.88 Å². The maximum Gasteiger partial charge on any atom is 0.267 e. The molecule has 2 heterocycles. The maximum absolute atomic E-state index is 13.2. The minimum Gasteiger partial charge on any atom is -0.479 e. The van der Waals surface area contributed by atoms with Crippen LogP contribution < -0.4 is 9.64 Å². The Morgan fingerprint density at radius 2 is 2.07 bits per heavy atom.